The van der Waals surface area contributed by atoms with Crippen molar-refractivity contribution in [2.75, 3.05) is 13.7 Å². The lowest BCUT2D eigenvalue weighted by atomic mass is 9.90. The van der Waals surface area contributed by atoms with E-state index in [4.69, 9.17) is 10.5 Å². The van der Waals surface area contributed by atoms with Gasteiger partial charge in [-0.25, -0.2) is 0 Å². The van der Waals surface area contributed by atoms with Gasteiger partial charge in [0.05, 0.1) is 7.11 Å². The van der Waals surface area contributed by atoms with E-state index in [9.17, 15) is 5.11 Å². The molecule has 3 nitrogen and oxygen atoms in total. The zero-order valence-electron chi connectivity index (χ0n) is 11.2. The van der Waals surface area contributed by atoms with E-state index >= 15 is 0 Å². The topological polar surface area (TPSA) is 55.5 Å². The predicted molar refractivity (Wildman–Crippen MR) is 70.3 cm³/mol. The Hall–Kier alpha value is -1.06. The molecule has 1 rings (SSSR count). The molecule has 0 fully saturated rings. The average molecular weight is 237 g/mol. The van der Waals surface area contributed by atoms with Gasteiger partial charge in [0.25, 0.3) is 0 Å². The minimum atomic E-state index is -0.181. The van der Waals surface area contributed by atoms with Gasteiger partial charge >= 0.3 is 0 Å². The summed E-state index contributed by atoms with van der Waals surface area (Å²) in [4.78, 5) is 0. The zero-order valence-corrected chi connectivity index (χ0v) is 11.2. The molecule has 1 aromatic rings. The van der Waals surface area contributed by atoms with Crippen molar-refractivity contribution in [1.29, 1.82) is 0 Å². The van der Waals surface area contributed by atoms with Crippen molar-refractivity contribution >= 4 is 0 Å². The van der Waals surface area contributed by atoms with Crippen LogP contribution in [0.4, 0.5) is 0 Å². The van der Waals surface area contributed by atoms with Gasteiger partial charge in [0.2, 0.25) is 0 Å². The second-order valence-corrected chi connectivity index (χ2v) is 4.56. The molecule has 1 aromatic carbocycles. The second-order valence-electron chi connectivity index (χ2n) is 4.56. The largest absolute Gasteiger partial charge is 0.496 e. The lowest BCUT2D eigenvalue weighted by Crippen LogP contribution is -2.24. The van der Waals surface area contributed by atoms with Crippen LogP contribution in [0.15, 0.2) is 12.1 Å². The van der Waals surface area contributed by atoms with Gasteiger partial charge in [0.1, 0.15) is 5.75 Å². The van der Waals surface area contributed by atoms with Crippen LogP contribution in [-0.4, -0.2) is 18.8 Å². The second kappa shape index (κ2) is 6.03. The molecule has 0 radical (unpaired) electrons. The van der Waals surface area contributed by atoms with Crippen LogP contribution in [0.5, 0.6) is 5.75 Å². The van der Waals surface area contributed by atoms with E-state index in [2.05, 4.69) is 19.9 Å². The van der Waals surface area contributed by atoms with Gasteiger partial charge in [-0.15, -0.1) is 0 Å². The van der Waals surface area contributed by atoms with E-state index in [1.807, 2.05) is 13.0 Å². The van der Waals surface area contributed by atoms with Crippen molar-refractivity contribution in [1.82, 2.24) is 0 Å². The minimum absolute atomic E-state index is 0.0750. The van der Waals surface area contributed by atoms with Crippen molar-refractivity contribution in [2.24, 2.45) is 11.7 Å². The van der Waals surface area contributed by atoms with Crippen molar-refractivity contribution in [2.45, 2.75) is 33.2 Å². The third-order valence-corrected chi connectivity index (χ3v) is 3.47. The van der Waals surface area contributed by atoms with Gasteiger partial charge in [0, 0.05) is 24.1 Å². The lowest BCUT2D eigenvalue weighted by Gasteiger charge is -2.23. The predicted octanol–water partition coefficient (Wildman–Crippen LogP) is 2.33. The van der Waals surface area contributed by atoms with Gasteiger partial charge in [-0.05, 0) is 37.5 Å². The number of aryl methyl sites for hydroxylation is 2. The van der Waals surface area contributed by atoms with Crippen LogP contribution in [0.25, 0.3) is 0 Å². The Kier molecular flexibility index (Phi) is 4.97. The smallest absolute Gasteiger partial charge is 0.123 e. The Morgan fingerprint density at radius 2 is 1.88 bits per heavy atom. The zero-order chi connectivity index (χ0) is 13.0. The molecular weight excluding hydrogens is 214 g/mol. The molecule has 3 heteroatoms. The number of rotatable bonds is 5. The van der Waals surface area contributed by atoms with E-state index in [1.165, 1.54) is 11.1 Å². The molecule has 2 unspecified atom stereocenters. The van der Waals surface area contributed by atoms with Crippen LogP contribution in [0, 0.1) is 19.8 Å². The molecule has 96 valence electrons. The Labute approximate surface area is 104 Å². The highest BCUT2D eigenvalue weighted by atomic mass is 16.5. The molecule has 0 bridgehead atoms. The first-order valence-electron chi connectivity index (χ1n) is 6.06. The summed E-state index contributed by atoms with van der Waals surface area (Å²) in [5, 5.41) is 9.32. The summed E-state index contributed by atoms with van der Waals surface area (Å²) in [6, 6.07) is 3.89. The molecule has 0 heterocycles. The Morgan fingerprint density at radius 3 is 2.35 bits per heavy atom. The fourth-order valence-corrected chi connectivity index (χ4v) is 2.00. The first-order valence-corrected chi connectivity index (χ1v) is 6.06. The summed E-state index contributed by atoms with van der Waals surface area (Å²) in [5.41, 5.74) is 9.59. The van der Waals surface area contributed by atoms with Crippen molar-refractivity contribution < 1.29 is 9.84 Å². The lowest BCUT2D eigenvalue weighted by molar-refractivity contribution is 0.199. The molecule has 0 aromatic heterocycles. The van der Waals surface area contributed by atoms with Gasteiger partial charge < -0.3 is 15.6 Å². The van der Waals surface area contributed by atoms with Crippen LogP contribution in [0.1, 0.15) is 36.1 Å². The molecule has 0 saturated carbocycles. The summed E-state index contributed by atoms with van der Waals surface area (Å²) in [6.45, 7) is 6.25. The number of aliphatic hydroxyl groups is 1. The number of methoxy groups -OCH3 is 1. The highest BCUT2D eigenvalue weighted by Crippen LogP contribution is 2.32. The standard InChI is InChI=1S/C14H23NO2/c1-5-11(8-16)14(15)12-6-9(2)10(3)7-13(12)17-4/h6-7,11,14,16H,5,8,15H2,1-4H3. The molecule has 0 aliphatic carbocycles. The monoisotopic (exact) mass is 237 g/mol. The van der Waals surface area contributed by atoms with Crippen LogP contribution >= 0.6 is 0 Å². The first-order chi connectivity index (χ1) is 8.04. The van der Waals surface area contributed by atoms with Crippen LogP contribution in [0.3, 0.4) is 0 Å². The van der Waals surface area contributed by atoms with Gasteiger partial charge in [-0.1, -0.05) is 13.0 Å². The maximum atomic E-state index is 9.32. The molecule has 0 aliphatic heterocycles. The highest BCUT2D eigenvalue weighted by molar-refractivity contribution is 5.43. The number of benzene rings is 1. The fourth-order valence-electron chi connectivity index (χ4n) is 2.00. The third kappa shape index (κ3) is 2.99. The summed E-state index contributed by atoms with van der Waals surface area (Å²) < 4.78 is 5.38. The van der Waals surface area contributed by atoms with Crippen molar-refractivity contribution in [3.63, 3.8) is 0 Å². The van der Waals surface area contributed by atoms with Gasteiger partial charge in [0.15, 0.2) is 0 Å². The third-order valence-electron chi connectivity index (χ3n) is 3.47. The van der Waals surface area contributed by atoms with E-state index in [-0.39, 0.29) is 18.6 Å². The van der Waals surface area contributed by atoms with E-state index in [1.54, 1.807) is 7.11 Å². The summed E-state index contributed by atoms with van der Waals surface area (Å²) >= 11 is 0. The van der Waals surface area contributed by atoms with Gasteiger partial charge in [-0.3, -0.25) is 0 Å². The molecule has 0 saturated heterocycles. The average Bonchev–Trinajstić information content (AvgIpc) is 2.33. The van der Waals surface area contributed by atoms with Crippen molar-refractivity contribution in [3.05, 3.63) is 28.8 Å². The Morgan fingerprint density at radius 1 is 1.29 bits per heavy atom. The van der Waals surface area contributed by atoms with Crippen molar-refractivity contribution in [3.8, 4) is 5.75 Å². The fraction of sp³-hybridized carbons (Fsp3) is 0.571. The molecule has 3 N–H and O–H groups in total. The first kappa shape index (κ1) is 14.0. The summed E-state index contributed by atoms with van der Waals surface area (Å²) in [5.74, 6) is 0.888. The molecular formula is C14H23NO2. The minimum Gasteiger partial charge on any atom is -0.496 e. The normalized spacial score (nSPS) is 14.5. The molecule has 0 amide bonds. The van der Waals surface area contributed by atoms with E-state index in [0.717, 1.165) is 17.7 Å². The highest BCUT2D eigenvalue weighted by Gasteiger charge is 2.21. The molecule has 17 heavy (non-hydrogen) atoms. The quantitative estimate of drug-likeness (QED) is 0.826. The summed E-state index contributed by atoms with van der Waals surface area (Å²) in [6.07, 6.45) is 0.855. The molecule has 0 aliphatic rings. The van der Waals surface area contributed by atoms with Crippen LogP contribution in [0.2, 0.25) is 0 Å². The Bertz CT molecular complexity index is 373. The number of hydrogen-bond acceptors (Lipinski definition) is 3. The maximum Gasteiger partial charge on any atom is 0.123 e. The number of ether oxygens (including phenoxy) is 1. The number of nitrogens with two attached hydrogens (primary N) is 1. The van der Waals surface area contributed by atoms with Crippen LogP contribution < -0.4 is 10.5 Å². The SMILES string of the molecule is CCC(CO)C(N)c1cc(C)c(C)cc1OC. The molecule has 0 spiro atoms. The molecule has 2 atom stereocenters. The maximum absolute atomic E-state index is 9.32. The Balaban J connectivity index is 3.15. The summed E-state index contributed by atoms with van der Waals surface area (Å²) in [7, 11) is 1.65. The van der Waals surface area contributed by atoms with Crippen LogP contribution in [-0.2, 0) is 0 Å². The number of aliphatic hydroxyl groups excluding tert-OH is 1. The van der Waals surface area contributed by atoms with E-state index < -0.39 is 0 Å². The van der Waals surface area contributed by atoms with Gasteiger partial charge in [-0.2, -0.15) is 0 Å². The van der Waals surface area contributed by atoms with E-state index in [0.29, 0.717) is 0 Å². The number of hydrogen-bond donors (Lipinski definition) is 2.